The molecule has 58 heavy (non-hydrogen) atoms. The Kier molecular flexibility index (Phi) is 7.01. The molecule has 4 aromatic heterocycles. The third kappa shape index (κ3) is 4.80. The molecule has 4 heterocycles. The maximum absolute atomic E-state index is 5.34. The zero-order chi connectivity index (χ0) is 38.3. The number of nitrogens with zero attached hydrogens (tertiary/aromatic N) is 6. The molecule has 12 aromatic rings. The Labute approximate surface area is 333 Å². The van der Waals surface area contributed by atoms with Crippen molar-refractivity contribution < 1.29 is 0 Å². The van der Waals surface area contributed by atoms with Gasteiger partial charge >= 0.3 is 0 Å². The number of hydrogen-bond donors (Lipinski definition) is 1. The van der Waals surface area contributed by atoms with E-state index >= 15 is 0 Å². The van der Waals surface area contributed by atoms with Crippen LogP contribution in [-0.2, 0) is 0 Å². The molecule has 0 saturated carbocycles. The van der Waals surface area contributed by atoms with Gasteiger partial charge in [-0.25, -0.2) is 14.9 Å². The number of benzene rings is 8. The number of aryl methyl sites for hydroxylation is 1. The van der Waals surface area contributed by atoms with Crippen molar-refractivity contribution in [2.75, 3.05) is 4.90 Å². The van der Waals surface area contributed by atoms with Crippen LogP contribution in [0.2, 0.25) is 0 Å². The summed E-state index contributed by atoms with van der Waals surface area (Å²) in [7, 11) is 0. The number of H-pyrrole nitrogens is 1. The van der Waals surface area contributed by atoms with E-state index in [9.17, 15) is 0 Å². The fourth-order valence-electron chi connectivity index (χ4n) is 8.91. The van der Waals surface area contributed by atoms with E-state index in [1.54, 1.807) is 0 Å². The first kappa shape index (κ1) is 32.4. The molecule has 12 rings (SSSR count). The monoisotopic (exact) mass is 745 g/mol. The zero-order valence-corrected chi connectivity index (χ0v) is 31.6. The van der Waals surface area contributed by atoms with E-state index in [0.29, 0.717) is 5.95 Å². The molecule has 0 fully saturated rings. The van der Waals surface area contributed by atoms with Gasteiger partial charge in [0.1, 0.15) is 0 Å². The SMILES string of the molecule is Cc1ccc(-n2c3ccccc3c3cc(-n4c5ccccc5c5ccccc54)ccc32)cc1-n1c(N(c2ccccc2)c2nc3ccccc3[nH]2)nc2ccccc21. The molecule has 7 nitrogen and oxygen atoms in total. The van der Waals surface area contributed by atoms with E-state index in [-0.39, 0.29) is 0 Å². The third-order valence-electron chi connectivity index (χ3n) is 11.5. The fraction of sp³-hybridized carbons (Fsp3) is 0.0196. The average molecular weight is 746 g/mol. The quantitative estimate of drug-likeness (QED) is 0.184. The number of nitrogens with one attached hydrogen (secondary N) is 1. The van der Waals surface area contributed by atoms with Crippen LogP contribution in [0.15, 0.2) is 188 Å². The summed E-state index contributed by atoms with van der Waals surface area (Å²) in [6.45, 7) is 2.18. The third-order valence-corrected chi connectivity index (χ3v) is 11.5. The fourth-order valence-corrected chi connectivity index (χ4v) is 8.91. The molecule has 0 aliphatic carbocycles. The lowest BCUT2D eigenvalue weighted by Crippen LogP contribution is -2.17. The standard InChI is InChI=1S/C51H35N7/c1-33-27-28-36(56-46-25-13-7-19-39(46)40-31-35(29-30-47(40)56)55-44-23-11-5-17-37(44)38-18-6-12-24-45(38)55)32-49(33)58-48-26-14-10-22-43(48)54-51(58)57(34-15-3-2-4-16-34)50-52-41-20-8-9-21-42(41)53-50/h2-32H,1H3,(H,52,53). The molecule has 0 spiro atoms. The van der Waals surface area contributed by atoms with E-state index in [4.69, 9.17) is 9.97 Å². The summed E-state index contributed by atoms with van der Waals surface area (Å²) in [5, 5.41) is 4.91. The Morgan fingerprint density at radius 1 is 0.431 bits per heavy atom. The van der Waals surface area contributed by atoms with Gasteiger partial charge in [0.05, 0.1) is 55.5 Å². The van der Waals surface area contributed by atoms with Gasteiger partial charge in [-0.1, -0.05) is 103 Å². The van der Waals surface area contributed by atoms with E-state index in [1.165, 1.54) is 32.6 Å². The molecule has 7 heteroatoms. The number of anilines is 3. The molecule has 0 unspecified atom stereocenters. The Morgan fingerprint density at radius 3 is 1.66 bits per heavy atom. The summed E-state index contributed by atoms with van der Waals surface area (Å²) < 4.78 is 7.07. The maximum atomic E-state index is 5.34. The highest BCUT2D eigenvalue weighted by atomic mass is 15.4. The summed E-state index contributed by atoms with van der Waals surface area (Å²) in [6.07, 6.45) is 0. The van der Waals surface area contributed by atoms with Crippen LogP contribution in [0.25, 0.3) is 82.7 Å². The Balaban J connectivity index is 1.08. The van der Waals surface area contributed by atoms with Crippen molar-refractivity contribution in [3.05, 3.63) is 194 Å². The van der Waals surface area contributed by atoms with Gasteiger partial charge in [0.25, 0.3) is 0 Å². The second kappa shape index (κ2) is 12.6. The normalized spacial score (nSPS) is 11.9. The Bertz CT molecular complexity index is 3460. The van der Waals surface area contributed by atoms with Gasteiger partial charge < -0.3 is 14.1 Å². The average Bonchev–Trinajstić information content (AvgIpc) is 4.04. The number of hydrogen-bond acceptors (Lipinski definition) is 3. The number of fused-ring (bicyclic) bond motifs is 8. The minimum atomic E-state index is 0.694. The predicted molar refractivity (Wildman–Crippen MR) is 239 cm³/mol. The molecule has 0 radical (unpaired) electrons. The number of rotatable bonds is 6. The first-order valence-electron chi connectivity index (χ1n) is 19.6. The second-order valence-electron chi connectivity index (χ2n) is 14.9. The Morgan fingerprint density at radius 2 is 0.966 bits per heavy atom. The zero-order valence-electron chi connectivity index (χ0n) is 31.6. The highest BCUT2D eigenvalue weighted by Gasteiger charge is 2.26. The van der Waals surface area contributed by atoms with Crippen molar-refractivity contribution >= 4 is 83.3 Å². The van der Waals surface area contributed by atoms with Crippen molar-refractivity contribution in [3.63, 3.8) is 0 Å². The van der Waals surface area contributed by atoms with Crippen molar-refractivity contribution in [1.82, 2.24) is 28.7 Å². The van der Waals surface area contributed by atoms with Gasteiger partial charge in [0.15, 0.2) is 0 Å². The summed E-state index contributed by atoms with van der Waals surface area (Å²) >= 11 is 0. The summed E-state index contributed by atoms with van der Waals surface area (Å²) in [4.78, 5) is 16.2. The molecule has 0 amide bonds. The molecule has 8 aromatic carbocycles. The molecule has 0 saturated heterocycles. The number of imidazole rings is 2. The molecule has 0 atom stereocenters. The lowest BCUT2D eigenvalue weighted by molar-refractivity contribution is 0.995. The van der Waals surface area contributed by atoms with Crippen molar-refractivity contribution in [3.8, 4) is 17.1 Å². The maximum Gasteiger partial charge on any atom is 0.222 e. The summed E-state index contributed by atoms with van der Waals surface area (Å²) in [5.74, 6) is 1.43. The minimum absolute atomic E-state index is 0.694. The lowest BCUT2D eigenvalue weighted by atomic mass is 10.1. The first-order chi connectivity index (χ1) is 28.7. The molecule has 0 aliphatic rings. The van der Waals surface area contributed by atoms with Crippen molar-refractivity contribution in [1.29, 1.82) is 0 Å². The molecular formula is C51H35N7. The summed E-state index contributed by atoms with van der Waals surface area (Å²) in [5.41, 5.74) is 13.8. The molecule has 0 bridgehead atoms. The van der Waals surface area contributed by atoms with Crippen molar-refractivity contribution in [2.24, 2.45) is 0 Å². The van der Waals surface area contributed by atoms with E-state index in [2.05, 4.69) is 188 Å². The first-order valence-corrected chi connectivity index (χ1v) is 19.6. The number of para-hydroxylation sites is 8. The van der Waals surface area contributed by atoms with Crippen LogP contribution in [0, 0.1) is 6.92 Å². The summed E-state index contributed by atoms with van der Waals surface area (Å²) in [6, 6.07) is 66.6. The van der Waals surface area contributed by atoms with Gasteiger partial charge in [0.2, 0.25) is 11.9 Å². The Hall–Kier alpha value is -7.90. The van der Waals surface area contributed by atoms with E-state index in [1.807, 2.05) is 30.3 Å². The van der Waals surface area contributed by atoms with Crippen LogP contribution in [0.1, 0.15) is 5.56 Å². The number of aromatic nitrogens is 6. The van der Waals surface area contributed by atoms with Gasteiger partial charge in [0, 0.05) is 32.9 Å². The highest BCUT2D eigenvalue weighted by molar-refractivity contribution is 6.12. The van der Waals surface area contributed by atoms with Gasteiger partial charge in [-0.05, 0) is 97.4 Å². The lowest BCUT2D eigenvalue weighted by Gasteiger charge is -2.23. The van der Waals surface area contributed by atoms with Crippen LogP contribution >= 0.6 is 0 Å². The smallest absolute Gasteiger partial charge is 0.222 e. The largest absolute Gasteiger partial charge is 0.323 e. The van der Waals surface area contributed by atoms with Crippen molar-refractivity contribution in [2.45, 2.75) is 6.92 Å². The molecular weight excluding hydrogens is 711 g/mol. The van der Waals surface area contributed by atoms with E-state index < -0.39 is 0 Å². The van der Waals surface area contributed by atoms with Crippen LogP contribution < -0.4 is 4.90 Å². The van der Waals surface area contributed by atoms with Crippen LogP contribution in [0.5, 0.6) is 0 Å². The molecule has 274 valence electrons. The van der Waals surface area contributed by atoms with Crippen LogP contribution in [-0.4, -0.2) is 28.7 Å². The minimum Gasteiger partial charge on any atom is -0.323 e. The van der Waals surface area contributed by atoms with Gasteiger partial charge in [-0.15, -0.1) is 0 Å². The van der Waals surface area contributed by atoms with Crippen LogP contribution in [0.4, 0.5) is 17.6 Å². The van der Waals surface area contributed by atoms with Gasteiger partial charge in [-0.2, -0.15) is 0 Å². The van der Waals surface area contributed by atoms with Crippen LogP contribution in [0.3, 0.4) is 0 Å². The molecule has 0 aliphatic heterocycles. The predicted octanol–water partition coefficient (Wildman–Crippen LogP) is 12.9. The number of aromatic amines is 1. The molecule has 1 N–H and O–H groups in total. The van der Waals surface area contributed by atoms with Gasteiger partial charge in [-0.3, -0.25) is 4.57 Å². The topological polar surface area (TPSA) is 59.6 Å². The highest BCUT2D eigenvalue weighted by Crippen LogP contribution is 2.40. The second-order valence-corrected chi connectivity index (χ2v) is 14.9. The van der Waals surface area contributed by atoms with E-state index in [0.717, 1.165) is 67.4 Å².